The van der Waals surface area contributed by atoms with Crippen molar-refractivity contribution in [3.8, 4) is 17.3 Å². The van der Waals surface area contributed by atoms with Crippen LogP contribution in [0.2, 0.25) is 5.02 Å². The highest BCUT2D eigenvalue weighted by molar-refractivity contribution is 6.34. The van der Waals surface area contributed by atoms with Crippen molar-refractivity contribution in [3.05, 3.63) is 83.4 Å². The summed E-state index contributed by atoms with van der Waals surface area (Å²) < 4.78 is 1.80. The van der Waals surface area contributed by atoms with Crippen LogP contribution in [-0.2, 0) is 6.54 Å². The number of benzene rings is 2. The molecule has 5 aromatic rings. The van der Waals surface area contributed by atoms with Crippen LogP contribution in [0.25, 0.3) is 22.2 Å². The molecule has 2 aromatic carbocycles. The van der Waals surface area contributed by atoms with Crippen molar-refractivity contribution >= 4 is 39.6 Å². The average molecular weight is 456 g/mol. The molecule has 0 fully saturated rings. The van der Waals surface area contributed by atoms with E-state index in [1.165, 1.54) is 5.01 Å². The third kappa shape index (κ3) is 3.85. The molecule has 5 N–H and O–H groups in total. The molecule has 162 valence electrons. The largest absolute Gasteiger partial charge is 0.396 e. The number of H-pyrrole nitrogens is 1. The first-order chi connectivity index (χ1) is 16.0. The minimum atomic E-state index is 0.368. The number of nitriles is 1. The number of nitrogen functional groups attached to an aromatic ring is 1. The van der Waals surface area contributed by atoms with Crippen molar-refractivity contribution in [2.24, 2.45) is 5.84 Å². The normalized spacial score (nSPS) is 10.9. The van der Waals surface area contributed by atoms with Crippen molar-refractivity contribution in [2.45, 2.75) is 6.54 Å². The molecule has 0 aliphatic rings. The van der Waals surface area contributed by atoms with Crippen molar-refractivity contribution < 1.29 is 0 Å². The number of fused-ring (bicyclic) bond motifs is 1. The van der Waals surface area contributed by atoms with E-state index in [1.54, 1.807) is 41.5 Å². The first kappa shape index (κ1) is 20.5. The highest BCUT2D eigenvalue weighted by Crippen LogP contribution is 2.38. The molecule has 3 heterocycles. The van der Waals surface area contributed by atoms with Gasteiger partial charge in [0.15, 0.2) is 0 Å². The fourth-order valence-electron chi connectivity index (χ4n) is 3.61. The molecule has 9 nitrogen and oxygen atoms in total. The Bertz CT molecular complexity index is 1490. The molecule has 0 radical (unpaired) electrons. The fraction of sp³-hybridized carbons (Fsp3) is 0.0435. The molecular formula is C23H18ClN9. The number of halogens is 1. The Hall–Kier alpha value is -4.39. The molecule has 0 aliphatic heterocycles. The summed E-state index contributed by atoms with van der Waals surface area (Å²) in [5.41, 5.74) is 11.7. The predicted molar refractivity (Wildman–Crippen MR) is 128 cm³/mol. The SMILES string of the molecule is N#Cc1ccc(Cn2nccc2-c2cc(Cl)c(N)c(N(N)c3ccc4cn[nH]c4c3)c2)nc1. The Morgan fingerprint density at radius 2 is 2.00 bits per heavy atom. The number of hydrogen-bond donors (Lipinski definition) is 3. The van der Waals surface area contributed by atoms with Gasteiger partial charge in [0.05, 0.1) is 57.3 Å². The molecule has 5 rings (SSSR count). The van der Waals surface area contributed by atoms with E-state index in [9.17, 15) is 0 Å². The van der Waals surface area contributed by atoms with Gasteiger partial charge in [0, 0.05) is 23.3 Å². The maximum atomic E-state index is 8.97. The van der Waals surface area contributed by atoms with Gasteiger partial charge in [-0.2, -0.15) is 15.5 Å². The van der Waals surface area contributed by atoms with Crippen LogP contribution >= 0.6 is 11.6 Å². The van der Waals surface area contributed by atoms with Gasteiger partial charge in [-0.05, 0) is 48.5 Å². The second kappa shape index (κ2) is 8.27. The molecule has 0 atom stereocenters. The number of hydrazine groups is 1. The zero-order valence-corrected chi connectivity index (χ0v) is 18.0. The third-order valence-electron chi connectivity index (χ3n) is 5.35. The zero-order chi connectivity index (χ0) is 22.9. The van der Waals surface area contributed by atoms with Crippen molar-refractivity contribution in [3.63, 3.8) is 0 Å². The number of pyridine rings is 1. The molecule has 10 heteroatoms. The molecule has 33 heavy (non-hydrogen) atoms. The first-order valence-electron chi connectivity index (χ1n) is 9.97. The highest BCUT2D eigenvalue weighted by Gasteiger charge is 2.17. The summed E-state index contributed by atoms with van der Waals surface area (Å²) in [7, 11) is 0. The van der Waals surface area contributed by atoms with Gasteiger partial charge in [0.2, 0.25) is 0 Å². The molecule has 0 amide bonds. The third-order valence-corrected chi connectivity index (χ3v) is 5.66. The fourth-order valence-corrected chi connectivity index (χ4v) is 3.82. The van der Waals surface area contributed by atoms with Gasteiger partial charge < -0.3 is 5.73 Å². The zero-order valence-electron chi connectivity index (χ0n) is 17.3. The number of hydrogen-bond acceptors (Lipinski definition) is 7. The Morgan fingerprint density at radius 1 is 1.12 bits per heavy atom. The maximum absolute atomic E-state index is 8.97. The lowest BCUT2D eigenvalue weighted by atomic mass is 10.1. The number of nitrogens with zero attached hydrogens (tertiary/aromatic N) is 6. The summed E-state index contributed by atoms with van der Waals surface area (Å²) in [4.78, 5) is 4.33. The van der Waals surface area contributed by atoms with E-state index in [2.05, 4.69) is 26.3 Å². The molecule has 0 saturated heterocycles. The monoisotopic (exact) mass is 455 g/mol. The van der Waals surface area contributed by atoms with Gasteiger partial charge in [-0.25, -0.2) is 5.84 Å². The van der Waals surface area contributed by atoms with E-state index in [0.29, 0.717) is 28.5 Å². The van der Waals surface area contributed by atoms with Crippen LogP contribution in [0.3, 0.4) is 0 Å². The van der Waals surface area contributed by atoms with Crippen molar-refractivity contribution in [1.29, 1.82) is 5.26 Å². The molecule has 3 aromatic heterocycles. The lowest BCUT2D eigenvalue weighted by Gasteiger charge is -2.22. The molecular weight excluding hydrogens is 438 g/mol. The molecule has 0 unspecified atom stereocenters. The summed E-state index contributed by atoms with van der Waals surface area (Å²) in [5, 5.41) is 23.2. The summed E-state index contributed by atoms with van der Waals surface area (Å²) in [5.74, 6) is 6.46. The van der Waals surface area contributed by atoms with Crippen LogP contribution in [0.4, 0.5) is 17.1 Å². The van der Waals surface area contributed by atoms with Crippen LogP contribution in [0.15, 0.2) is 67.1 Å². The Morgan fingerprint density at radius 3 is 2.79 bits per heavy atom. The van der Waals surface area contributed by atoms with Gasteiger partial charge >= 0.3 is 0 Å². The molecule has 0 bridgehead atoms. The summed E-state index contributed by atoms with van der Waals surface area (Å²) >= 11 is 6.49. The summed E-state index contributed by atoms with van der Waals surface area (Å²) in [6, 6.07) is 16.8. The second-order valence-electron chi connectivity index (χ2n) is 7.43. The van der Waals surface area contributed by atoms with Gasteiger partial charge in [-0.1, -0.05) is 11.6 Å². The number of aromatic amines is 1. The Balaban J connectivity index is 1.51. The first-order valence-corrected chi connectivity index (χ1v) is 10.4. The highest BCUT2D eigenvalue weighted by atomic mass is 35.5. The Labute approximate surface area is 193 Å². The number of aromatic nitrogens is 5. The van der Waals surface area contributed by atoms with Gasteiger partial charge in [-0.3, -0.25) is 19.8 Å². The van der Waals surface area contributed by atoms with Crippen LogP contribution in [-0.4, -0.2) is 25.0 Å². The summed E-state index contributed by atoms with van der Waals surface area (Å²) in [6.07, 6.45) is 4.99. The summed E-state index contributed by atoms with van der Waals surface area (Å²) in [6.45, 7) is 0.425. The molecule has 0 spiro atoms. The van der Waals surface area contributed by atoms with Gasteiger partial charge in [0.1, 0.15) is 6.07 Å². The standard InChI is InChI=1S/C23H18ClN9/c24-19-7-16(21-5-6-30-32(21)13-17-3-1-14(10-25)11-28-17)8-22(23(19)26)33(27)18-4-2-15-12-29-31-20(15)9-18/h1-9,11-12H,13,26-27H2,(H,29,31). The lowest BCUT2D eigenvalue weighted by Crippen LogP contribution is -2.26. The van der Waals surface area contributed by atoms with Crippen LogP contribution in [0.1, 0.15) is 11.3 Å². The quantitative estimate of drug-likeness (QED) is 0.207. The molecule has 0 saturated carbocycles. The van der Waals surface area contributed by atoms with E-state index in [-0.39, 0.29) is 0 Å². The average Bonchev–Trinajstić information content (AvgIpc) is 3.49. The van der Waals surface area contributed by atoms with E-state index < -0.39 is 0 Å². The number of nitrogens with one attached hydrogen (secondary N) is 1. The maximum Gasteiger partial charge on any atom is 0.101 e. The number of anilines is 3. The lowest BCUT2D eigenvalue weighted by molar-refractivity contribution is 0.680. The minimum absolute atomic E-state index is 0.368. The number of nitrogens with two attached hydrogens (primary N) is 2. The predicted octanol–water partition coefficient (Wildman–Crippen LogP) is 3.99. The van der Waals surface area contributed by atoms with E-state index in [4.69, 9.17) is 28.4 Å². The van der Waals surface area contributed by atoms with Crippen molar-refractivity contribution in [1.82, 2.24) is 25.0 Å². The van der Waals surface area contributed by atoms with Crippen LogP contribution in [0.5, 0.6) is 0 Å². The Kier molecular flexibility index (Phi) is 5.14. The minimum Gasteiger partial charge on any atom is -0.396 e. The molecule has 0 aliphatic carbocycles. The smallest absolute Gasteiger partial charge is 0.101 e. The van der Waals surface area contributed by atoms with E-state index >= 15 is 0 Å². The topological polar surface area (TPSA) is 138 Å². The number of rotatable bonds is 5. The second-order valence-corrected chi connectivity index (χ2v) is 7.83. The van der Waals surface area contributed by atoms with E-state index in [1.807, 2.05) is 30.3 Å². The van der Waals surface area contributed by atoms with Crippen LogP contribution < -0.4 is 16.6 Å². The van der Waals surface area contributed by atoms with Gasteiger partial charge in [-0.15, -0.1) is 0 Å². The van der Waals surface area contributed by atoms with E-state index in [0.717, 1.165) is 33.5 Å². The van der Waals surface area contributed by atoms with Crippen molar-refractivity contribution in [2.75, 3.05) is 10.7 Å². The van der Waals surface area contributed by atoms with Gasteiger partial charge in [0.25, 0.3) is 0 Å². The van der Waals surface area contributed by atoms with Crippen LogP contribution in [0, 0.1) is 11.3 Å².